The molecule has 3 rings (SSSR count). The van der Waals surface area contributed by atoms with E-state index in [2.05, 4.69) is 20.9 Å². The van der Waals surface area contributed by atoms with Crippen LogP contribution in [0.1, 0.15) is 17.9 Å². The first-order valence-corrected chi connectivity index (χ1v) is 10.5. The Bertz CT molecular complexity index is 942. The summed E-state index contributed by atoms with van der Waals surface area (Å²) in [5, 5.41) is 0. The molecule has 2 aromatic carbocycles. The third-order valence-electron chi connectivity index (χ3n) is 4.66. The van der Waals surface area contributed by atoms with Gasteiger partial charge in [0.15, 0.2) is 0 Å². The zero-order valence-corrected chi connectivity index (χ0v) is 16.3. The van der Waals surface area contributed by atoms with Crippen LogP contribution in [0.25, 0.3) is 0 Å². The molecular formula is C20H21F3N2O3S. The van der Waals surface area contributed by atoms with Gasteiger partial charge in [0.1, 0.15) is 5.75 Å². The molecule has 0 spiro atoms. The van der Waals surface area contributed by atoms with Crippen molar-refractivity contribution >= 4 is 15.7 Å². The molecule has 1 N–H and O–H groups in total. The predicted octanol–water partition coefficient (Wildman–Crippen LogP) is 4.36. The second kappa shape index (κ2) is 8.46. The third-order valence-corrected chi connectivity index (χ3v) is 6.06. The smallest absolute Gasteiger partial charge is 0.406 e. The van der Waals surface area contributed by atoms with E-state index in [0.29, 0.717) is 11.6 Å². The van der Waals surface area contributed by atoms with Crippen molar-refractivity contribution < 1.29 is 26.3 Å². The molecular weight excluding hydrogens is 405 g/mol. The van der Waals surface area contributed by atoms with E-state index in [4.69, 9.17) is 0 Å². The quantitative estimate of drug-likeness (QED) is 0.669. The minimum Gasteiger partial charge on any atom is -0.406 e. The highest BCUT2D eigenvalue weighted by Gasteiger charge is 2.31. The second-order valence-electron chi connectivity index (χ2n) is 6.78. The first-order valence-electron chi connectivity index (χ1n) is 8.98. The number of nitrogens with zero attached hydrogens (tertiary/aromatic N) is 1. The summed E-state index contributed by atoms with van der Waals surface area (Å²) < 4.78 is 67.7. The molecule has 29 heavy (non-hydrogen) atoms. The summed E-state index contributed by atoms with van der Waals surface area (Å²) in [5.41, 5.74) is 1.51. The number of halogens is 3. The predicted molar refractivity (Wildman–Crippen MR) is 104 cm³/mol. The first-order chi connectivity index (χ1) is 13.7. The number of hydrogen-bond acceptors (Lipinski definition) is 4. The van der Waals surface area contributed by atoms with E-state index in [9.17, 15) is 21.6 Å². The summed E-state index contributed by atoms with van der Waals surface area (Å²) in [7, 11) is -3.93. The maximum absolute atomic E-state index is 12.5. The van der Waals surface area contributed by atoms with E-state index >= 15 is 0 Å². The van der Waals surface area contributed by atoms with Gasteiger partial charge in [0.25, 0.3) is 10.0 Å². The fraction of sp³-hybridized carbons (Fsp3) is 0.300. The van der Waals surface area contributed by atoms with Crippen LogP contribution in [-0.2, 0) is 10.0 Å². The lowest BCUT2D eigenvalue weighted by Crippen LogP contribution is -2.19. The van der Waals surface area contributed by atoms with Gasteiger partial charge in [-0.25, -0.2) is 8.42 Å². The number of hydrogen-bond donors (Lipinski definition) is 1. The largest absolute Gasteiger partial charge is 0.573 e. The number of alkyl halides is 3. The molecule has 0 bridgehead atoms. The Hall–Kier alpha value is -2.52. The molecule has 1 aliphatic heterocycles. The van der Waals surface area contributed by atoms with Gasteiger partial charge in [0.05, 0.1) is 4.90 Å². The van der Waals surface area contributed by atoms with Crippen molar-refractivity contribution in [2.45, 2.75) is 23.6 Å². The van der Waals surface area contributed by atoms with Gasteiger partial charge in [-0.2, -0.15) is 0 Å². The fourth-order valence-corrected chi connectivity index (χ4v) is 4.37. The van der Waals surface area contributed by atoms with Gasteiger partial charge in [-0.1, -0.05) is 18.2 Å². The van der Waals surface area contributed by atoms with Crippen LogP contribution in [0.15, 0.2) is 66.1 Å². The molecule has 1 fully saturated rings. The van der Waals surface area contributed by atoms with Crippen molar-refractivity contribution in [2.75, 3.05) is 24.4 Å². The van der Waals surface area contributed by atoms with E-state index in [-0.39, 0.29) is 4.90 Å². The van der Waals surface area contributed by atoms with Crippen molar-refractivity contribution in [3.63, 3.8) is 0 Å². The Kier molecular flexibility index (Phi) is 6.18. The molecule has 2 aromatic rings. The topological polar surface area (TPSA) is 58.6 Å². The molecule has 0 aromatic heterocycles. The molecule has 1 heterocycles. The van der Waals surface area contributed by atoms with Crippen LogP contribution in [-0.4, -0.2) is 39.3 Å². The van der Waals surface area contributed by atoms with Crippen molar-refractivity contribution in [3.8, 4) is 5.75 Å². The molecule has 0 aliphatic carbocycles. The lowest BCUT2D eigenvalue weighted by molar-refractivity contribution is -0.274. The lowest BCUT2D eigenvalue weighted by atomic mass is 9.98. The van der Waals surface area contributed by atoms with Crippen LogP contribution < -0.4 is 9.46 Å². The average molecular weight is 426 g/mol. The molecule has 5 nitrogen and oxygen atoms in total. The van der Waals surface area contributed by atoms with Gasteiger partial charge < -0.3 is 4.74 Å². The summed E-state index contributed by atoms with van der Waals surface area (Å²) >= 11 is 0. The number of sulfonamides is 1. The summed E-state index contributed by atoms with van der Waals surface area (Å²) in [6, 6.07) is 11.2. The number of anilines is 1. The average Bonchev–Trinajstić information content (AvgIpc) is 3.10. The summed E-state index contributed by atoms with van der Waals surface area (Å²) in [5.74, 6) is -0.0929. The van der Waals surface area contributed by atoms with Gasteiger partial charge in [-0.05, 0) is 60.8 Å². The monoisotopic (exact) mass is 426 g/mol. The van der Waals surface area contributed by atoms with Gasteiger partial charge >= 0.3 is 6.36 Å². The van der Waals surface area contributed by atoms with Crippen LogP contribution in [0.5, 0.6) is 5.75 Å². The standard InChI is InChI=1S/C20H21F3N2O3S/c1-2-12-25-13-11-16(14-25)15-3-5-17(6-4-15)24-29(26,27)19-9-7-18(8-10-19)28-20(21,22)23/h2-10,16,24H,1,11-14H2/t16-/m1/s1. The molecule has 156 valence electrons. The molecule has 0 unspecified atom stereocenters. The molecule has 1 aliphatic rings. The van der Waals surface area contributed by atoms with Crippen LogP contribution in [0.4, 0.5) is 18.9 Å². The van der Waals surface area contributed by atoms with Crippen molar-refractivity contribution in [1.29, 1.82) is 0 Å². The SMILES string of the molecule is C=CCN1CC[C@@H](c2ccc(NS(=O)(=O)c3ccc(OC(F)(F)F)cc3)cc2)C1. The minimum atomic E-state index is -4.83. The highest BCUT2D eigenvalue weighted by atomic mass is 32.2. The second-order valence-corrected chi connectivity index (χ2v) is 8.46. The normalized spacial score (nSPS) is 17.8. The van der Waals surface area contributed by atoms with E-state index in [1.807, 2.05) is 18.2 Å². The highest BCUT2D eigenvalue weighted by molar-refractivity contribution is 7.92. The molecule has 1 atom stereocenters. The van der Waals surface area contributed by atoms with Crippen LogP contribution >= 0.6 is 0 Å². The summed E-state index contributed by atoms with van der Waals surface area (Å²) in [6.45, 7) is 6.53. The number of likely N-dealkylation sites (tertiary alicyclic amines) is 1. The van der Waals surface area contributed by atoms with Crippen LogP contribution in [0.2, 0.25) is 0 Å². The van der Waals surface area contributed by atoms with E-state index in [1.165, 1.54) is 0 Å². The van der Waals surface area contributed by atoms with Gasteiger partial charge in [-0.15, -0.1) is 19.8 Å². The molecule has 9 heteroatoms. The fourth-order valence-electron chi connectivity index (χ4n) is 3.31. The zero-order valence-electron chi connectivity index (χ0n) is 15.5. The van der Waals surface area contributed by atoms with Crippen LogP contribution in [0, 0.1) is 0 Å². The number of ether oxygens (including phenoxy) is 1. The van der Waals surface area contributed by atoms with Crippen molar-refractivity contribution in [2.24, 2.45) is 0 Å². The highest BCUT2D eigenvalue weighted by Crippen LogP contribution is 2.29. The Labute approximate surface area is 167 Å². The molecule has 0 radical (unpaired) electrons. The van der Waals surface area contributed by atoms with Gasteiger partial charge in [0, 0.05) is 18.8 Å². The van der Waals surface area contributed by atoms with Gasteiger partial charge in [-0.3, -0.25) is 9.62 Å². The number of nitrogens with one attached hydrogen (secondary N) is 1. The lowest BCUT2D eigenvalue weighted by Gasteiger charge is -2.14. The number of rotatable bonds is 7. The maximum atomic E-state index is 12.5. The van der Waals surface area contributed by atoms with E-state index in [0.717, 1.165) is 55.9 Å². The minimum absolute atomic E-state index is 0.160. The molecule has 0 saturated carbocycles. The van der Waals surface area contributed by atoms with Crippen molar-refractivity contribution in [3.05, 3.63) is 66.7 Å². The Morgan fingerprint density at radius 2 is 1.79 bits per heavy atom. The number of benzene rings is 2. The Morgan fingerprint density at radius 3 is 2.38 bits per heavy atom. The van der Waals surface area contributed by atoms with Gasteiger partial charge in [0.2, 0.25) is 0 Å². The third kappa shape index (κ3) is 5.74. The van der Waals surface area contributed by atoms with Crippen molar-refractivity contribution in [1.82, 2.24) is 4.90 Å². The Morgan fingerprint density at radius 1 is 1.14 bits per heavy atom. The molecule has 1 saturated heterocycles. The van der Waals surface area contributed by atoms with E-state index in [1.54, 1.807) is 12.1 Å². The zero-order chi connectivity index (χ0) is 21.1. The summed E-state index contributed by atoms with van der Waals surface area (Å²) in [4.78, 5) is 2.15. The first kappa shape index (κ1) is 21.2. The summed E-state index contributed by atoms with van der Waals surface area (Å²) in [6.07, 6.45) is -1.92. The molecule has 0 amide bonds. The maximum Gasteiger partial charge on any atom is 0.573 e. The van der Waals surface area contributed by atoms with Crippen LogP contribution in [0.3, 0.4) is 0 Å². The Balaban J connectivity index is 1.65. The van der Waals surface area contributed by atoms with E-state index < -0.39 is 22.1 Å².